The summed E-state index contributed by atoms with van der Waals surface area (Å²) < 4.78 is 23.3. The highest BCUT2D eigenvalue weighted by Gasteiger charge is 2.11. The molecule has 0 aliphatic carbocycles. The molecule has 3 rings (SSSR count). The lowest BCUT2D eigenvalue weighted by Crippen LogP contribution is -2.28. The highest BCUT2D eigenvalue weighted by Crippen LogP contribution is 2.23. The molecule has 1 heterocycles. The molecule has 9 heteroatoms. The molecule has 1 aromatic heterocycles. The van der Waals surface area contributed by atoms with Gasteiger partial charge in [-0.1, -0.05) is 23.7 Å². The van der Waals surface area contributed by atoms with Crippen molar-refractivity contribution < 1.29 is 13.5 Å². The fourth-order valence-electron chi connectivity index (χ4n) is 3.58. The van der Waals surface area contributed by atoms with Crippen LogP contribution in [-0.2, 0) is 16.4 Å². The topological polar surface area (TPSA) is 95.4 Å². The third kappa shape index (κ3) is 6.87. The van der Waals surface area contributed by atoms with E-state index < -0.39 is 9.84 Å². The van der Waals surface area contributed by atoms with Gasteiger partial charge in [-0.25, -0.2) is 18.4 Å². The molecule has 0 aliphatic rings. The first-order chi connectivity index (χ1) is 15.3. The Morgan fingerprint density at radius 2 is 1.88 bits per heavy atom. The Kier molecular flexibility index (Phi) is 8.42. The maximum Gasteiger partial charge on any atom is 0.175 e. The Labute approximate surface area is 194 Å². The quantitative estimate of drug-likeness (QED) is 0.435. The molecule has 172 valence electrons. The van der Waals surface area contributed by atoms with Crippen LogP contribution in [0.3, 0.4) is 0 Å². The zero-order valence-corrected chi connectivity index (χ0v) is 19.9. The van der Waals surface area contributed by atoms with Gasteiger partial charge in [0.25, 0.3) is 0 Å². The lowest BCUT2D eigenvalue weighted by atomic mass is 10.1. The third-order valence-corrected chi connectivity index (χ3v) is 6.63. The smallest absolute Gasteiger partial charge is 0.175 e. The zero-order chi connectivity index (χ0) is 23.1. The van der Waals surface area contributed by atoms with Gasteiger partial charge in [-0.05, 0) is 62.2 Å². The molecule has 0 aliphatic heterocycles. The second-order valence-electron chi connectivity index (χ2n) is 7.99. The van der Waals surface area contributed by atoms with Gasteiger partial charge >= 0.3 is 0 Å². The fourth-order valence-corrected chi connectivity index (χ4v) is 4.38. The molecule has 2 aromatic carbocycles. The molecular weight excluding hydrogens is 448 g/mol. The third-order valence-electron chi connectivity index (χ3n) is 5.27. The van der Waals surface area contributed by atoms with Crippen LogP contribution in [-0.4, -0.2) is 60.4 Å². The molecule has 2 N–H and O–H groups in total. The van der Waals surface area contributed by atoms with Crippen LogP contribution in [0.1, 0.15) is 25.3 Å². The SMILES string of the molecule is CC(CCCN(CCO)Cc1ccc(S(C)(=O)=O)cc1)Nc1ncnc2cc(Cl)ccc12. The Hall–Kier alpha value is -2.26. The molecule has 0 spiro atoms. The van der Waals surface area contributed by atoms with Gasteiger partial charge in [0.05, 0.1) is 17.0 Å². The van der Waals surface area contributed by atoms with Crippen LogP contribution in [0.2, 0.25) is 5.02 Å². The molecular formula is C23H29ClN4O3S. The summed E-state index contributed by atoms with van der Waals surface area (Å²) in [4.78, 5) is 11.1. The number of aliphatic hydroxyl groups is 1. The van der Waals surface area contributed by atoms with Gasteiger partial charge in [0.2, 0.25) is 0 Å². The average Bonchev–Trinajstić information content (AvgIpc) is 2.73. The minimum Gasteiger partial charge on any atom is -0.395 e. The Balaban J connectivity index is 1.54. The maximum atomic E-state index is 11.6. The summed E-state index contributed by atoms with van der Waals surface area (Å²) in [6.45, 7) is 4.23. The first-order valence-corrected chi connectivity index (χ1v) is 12.8. The van der Waals surface area contributed by atoms with Crippen molar-refractivity contribution in [3.63, 3.8) is 0 Å². The number of nitrogens with zero attached hydrogens (tertiary/aromatic N) is 3. The van der Waals surface area contributed by atoms with E-state index in [4.69, 9.17) is 11.6 Å². The van der Waals surface area contributed by atoms with Crippen molar-refractivity contribution in [3.05, 3.63) is 59.4 Å². The molecule has 0 saturated carbocycles. The van der Waals surface area contributed by atoms with Crippen molar-refractivity contribution >= 4 is 38.2 Å². The van der Waals surface area contributed by atoms with Crippen LogP contribution >= 0.6 is 11.6 Å². The van der Waals surface area contributed by atoms with E-state index in [1.54, 1.807) is 12.1 Å². The highest BCUT2D eigenvalue weighted by molar-refractivity contribution is 7.90. The summed E-state index contributed by atoms with van der Waals surface area (Å²) in [5, 5.41) is 14.5. The average molecular weight is 477 g/mol. The summed E-state index contributed by atoms with van der Waals surface area (Å²) in [7, 11) is -3.20. The van der Waals surface area contributed by atoms with Gasteiger partial charge < -0.3 is 10.4 Å². The number of hydrogen-bond donors (Lipinski definition) is 2. The van der Waals surface area contributed by atoms with Crippen molar-refractivity contribution in [2.45, 2.75) is 37.2 Å². The summed E-state index contributed by atoms with van der Waals surface area (Å²) in [6, 6.07) is 12.7. The van der Waals surface area contributed by atoms with E-state index in [2.05, 4.69) is 27.1 Å². The Morgan fingerprint density at radius 3 is 2.56 bits per heavy atom. The van der Waals surface area contributed by atoms with Gasteiger partial charge in [0.1, 0.15) is 12.1 Å². The van der Waals surface area contributed by atoms with E-state index in [9.17, 15) is 13.5 Å². The van der Waals surface area contributed by atoms with Crippen LogP contribution < -0.4 is 5.32 Å². The van der Waals surface area contributed by atoms with Crippen LogP contribution in [0, 0.1) is 0 Å². The van der Waals surface area contributed by atoms with Crippen LogP contribution in [0.5, 0.6) is 0 Å². The number of sulfone groups is 1. The molecule has 3 aromatic rings. The predicted molar refractivity (Wildman–Crippen MR) is 129 cm³/mol. The van der Waals surface area contributed by atoms with Gasteiger partial charge in [0, 0.05) is 35.8 Å². The lowest BCUT2D eigenvalue weighted by Gasteiger charge is -2.23. The molecule has 0 saturated heterocycles. The molecule has 7 nitrogen and oxygen atoms in total. The Bertz CT molecular complexity index is 1140. The largest absolute Gasteiger partial charge is 0.395 e. The van der Waals surface area contributed by atoms with Crippen LogP contribution in [0.25, 0.3) is 10.9 Å². The number of anilines is 1. The second kappa shape index (κ2) is 11.0. The van der Waals surface area contributed by atoms with E-state index in [0.29, 0.717) is 23.0 Å². The molecule has 0 fully saturated rings. The second-order valence-corrected chi connectivity index (χ2v) is 10.4. The molecule has 0 bridgehead atoms. The van der Waals surface area contributed by atoms with E-state index in [1.165, 1.54) is 12.6 Å². The van der Waals surface area contributed by atoms with Gasteiger partial charge in [-0.2, -0.15) is 0 Å². The monoisotopic (exact) mass is 476 g/mol. The number of rotatable bonds is 11. The van der Waals surface area contributed by atoms with E-state index in [0.717, 1.165) is 41.7 Å². The minimum atomic E-state index is -3.20. The van der Waals surface area contributed by atoms with Crippen molar-refractivity contribution in [1.82, 2.24) is 14.9 Å². The zero-order valence-electron chi connectivity index (χ0n) is 18.3. The number of nitrogens with one attached hydrogen (secondary N) is 1. The van der Waals surface area contributed by atoms with Gasteiger partial charge in [-0.3, -0.25) is 4.90 Å². The number of hydrogen-bond acceptors (Lipinski definition) is 7. The van der Waals surface area contributed by atoms with Gasteiger partial charge in [-0.15, -0.1) is 0 Å². The van der Waals surface area contributed by atoms with Crippen LogP contribution in [0.4, 0.5) is 5.82 Å². The summed E-state index contributed by atoms with van der Waals surface area (Å²) in [6.07, 6.45) is 4.60. The summed E-state index contributed by atoms with van der Waals surface area (Å²) >= 11 is 6.06. The number of benzene rings is 2. The normalized spacial score (nSPS) is 12.9. The maximum absolute atomic E-state index is 11.6. The van der Waals surface area contributed by atoms with Crippen molar-refractivity contribution in [3.8, 4) is 0 Å². The van der Waals surface area contributed by atoms with E-state index in [1.807, 2.05) is 30.3 Å². The first kappa shape index (κ1) is 24.4. The Morgan fingerprint density at radius 1 is 1.12 bits per heavy atom. The number of aliphatic hydroxyl groups excluding tert-OH is 1. The van der Waals surface area contributed by atoms with Crippen molar-refractivity contribution in [2.75, 3.05) is 31.3 Å². The number of aromatic nitrogens is 2. The number of fused-ring (bicyclic) bond motifs is 1. The molecule has 32 heavy (non-hydrogen) atoms. The molecule has 0 radical (unpaired) electrons. The highest BCUT2D eigenvalue weighted by atomic mass is 35.5. The summed E-state index contributed by atoms with van der Waals surface area (Å²) in [5.41, 5.74) is 1.82. The predicted octanol–water partition coefficient (Wildman–Crippen LogP) is 3.76. The van der Waals surface area contributed by atoms with Crippen molar-refractivity contribution in [1.29, 1.82) is 0 Å². The van der Waals surface area contributed by atoms with Crippen LogP contribution in [0.15, 0.2) is 53.7 Å². The minimum absolute atomic E-state index is 0.0741. The standard InChI is InChI=1S/C23H29ClN4O3S/c1-17(27-23-21-10-7-19(24)14-22(21)25-16-26-23)4-3-11-28(12-13-29)15-18-5-8-20(9-6-18)32(2,30)31/h5-10,14,16-17,29H,3-4,11-13,15H2,1-2H3,(H,25,26,27). The lowest BCUT2D eigenvalue weighted by molar-refractivity contribution is 0.187. The van der Waals surface area contributed by atoms with Crippen molar-refractivity contribution in [2.24, 2.45) is 0 Å². The van der Waals surface area contributed by atoms with Gasteiger partial charge in [0.15, 0.2) is 9.84 Å². The fraction of sp³-hybridized carbons (Fsp3) is 0.391. The number of halogens is 1. The molecule has 1 atom stereocenters. The van der Waals surface area contributed by atoms with E-state index in [-0.39, 0.29) is 12.6 Å². The summed E-state index contributed by atoms with van der Waals surface area (Å²) in [5.74, 6) is 0.789. The first-order valence-electron chi connectivity index (χ1n) is 10.6. The van der Waals surface area contributed by atoms with E-state index >= 15 is 0 Å². The molecule has 0 amide bonds. The molecule has 1 unspecified atom stereocenters.